The second-order valence-electron chi connectivity index (χ2n) is 4.39. The van der Waals surface area contributed by atoms with Crippen molar-refractivity contribution in [3.63, 3.8) is 0 Å². The second-order valence-corrected chi connectivity index (χ2v) is 4.82. The van der Waals surface area contributed by atoms with Gasteiger partial charge in [-0.15, -0.1) is 0 Å². The van der Waals surface area contributed by atoms with Crippen LogP contribution < -0.4 is 10.2 Å². The molecule has 1 aromatic carbocycles. The Morgan fingerprint density at radius 2 is 2.00 bits per heavy atom. The topological polar surface area (TPSA) is 44.0 Å². The number of rotatable bonds is 2. The molecule has 1 fully saturated rings. The van der Waals surface area contributed by atoms with Crippen LogP contribution in [0.2, 0.25) is 5.02 Å². The first kappa shape index (κ1) is 11.6. The molecule has 0 bridgehead atoms. The van der Waals surface area contributed by atoms with Crippen molar-refractivity contribution in [2.75, 3.05) is 31.1 Å². The van der Waals surface area contributed by atoms with E-state index in [1.54, 1.807) is 0 Å². The SMILES string of the molecule is Clc1cccc(-c2cc(N3CCNCC3)n[nH]2)c1. The minimum Gasteiger partial charge on any atom is -0.353 e. The van der Waals surface area contributed by atoms with Crippen LogP contribution in [0.5, 0.6) is 0 Å². The first-order valence-corrected chi connectivity index (χ1v) is 6.48. The molecule has 1 aliphatic rings. The van der Waals surface area contributed by atoms with Gasteiger partial charge in [0.1, 0.15) is 0 Å². The van der Waals surface area contributed by atoms with Crippen LogP contribution in [0.4, 0.5) is 5.82 Å². The maximum atomic E-state index is 6.00. The third-order valence-corrected chi connectivity index (χ3v) is 3.38. The minimum absolute atomic E-state index is 0.742. The lowest BCUT2D eigenvalue weighted by molar-refractivity contribution is 0.584. The molecule has 2 heterocycles. The Kier molecular flexibility index (Phi) is 3.21. The maximum Gasteiger partial charge on any atom is 0.151 e. The summed E-state index contributed by atoms with van der Waals surface area (Å²) in [5.74, 6) is 1.01. The Bertz CT molecular complexity index is 531. The summed E-state index contributed by atoms with van der Waals surface area (Å²) in [5, 5.41) is 11.5. The predicted molar refractivity (Wildman–Crippen MR) is 74.1 cm³/mol. The number of H-pyrrole nitrogens is 1. The molecule has 0 saturated carbocycles. The fourth-order valence-electron chi connectivity index (χ4n) is 2.17. The summed E-state index contributed by atoms with van der Waals surface area (Å²) in [4.78, 5) is 2.28. The van der Waals surface area contributed by atoms with E-state index in [4.69, 9.17) is 11.6 Å². The zero-order valence-corrected chi connectivity index (χ0v) is 10.7. The van der Waals surface area contributed by atoms with Gasteiger partial charge in [0.15, 0.2) is 5.82 Å². The number of anilines is 1. The summed E-state index contributed by atoms with van der Waals surface area (Å²) in [7, 11) is 0. The Balaban J connectivity index is 1.84. The molecular formula is C13H15ClN4. The van der Waals surface area contributed by atoms with Crippen LogP contribution in [-0.2, 0) is 0 Å². The van der Waals surface area contributed by atoms with Crippen LogP contribution in [0.1, 0.15) is 0 Å². The molecule has 5 heteroatoms. The number of nitrogens with one attached hydrogen (secondary N) is 2. The number of aromatic nitrogens is 2. The van der Waals surface area contributed by atoms with E-state index < -0.39 is 0 Å². The Hall–Kier alpha value is -1.52. The molecule has 0 amide bonds. The first-order chi connectivity index (χ1) is 8.83. The normalized spacial score (nSPS) is 15.9. The minimum atomic E-state index is 0.742. The van der Waals surface area contributed by atoms with Crippen molar-refractivity contribution in [2.24, 2.45) is 0 Å². The molecule has 0 spiro atoms. The highest BCUT2D eigenvalue weighted by Gasteiger charge is 2.13. The number of aromatic amines is 1. The van der Waals surface area contributed by atoms with E-state index in [0.29, 0.717) is 0 Å². The number of hydrogen-bond acceptors (Lipinski definition) is 3. The first-order valence-electron chi connectivity index (χ1n) is 6.10. The maximum absolute atomic E-state index is 6.00. The van der Waals surface area contributed by atoms with Gasteiger partial charge in [-0.2, -0.15) is 5.10 Å². The second kappa shape index (κ2) is 5.00. The third-order valence-electron chi connectivity index (χ3n) is 3.14. The van der Waals surface area contributed by atoms with Crippen molar-refractivity contribution in [1.82, 2.24) is 15.5 Å². The van der Waals surface area contributed by atoms with Crippen LogP contribution in [0.15, 0.2) is 30.3 Å². The summed E-state index contributed by atoms with van der Waals surface area (Å²) in [6, 6.07) is 9.87. The van der Waals surface area contributed by atoms with Crippen molar-refractivity contribution in [1.29, 1.82) is 0 Å². The summed E-state index contributed by atoms with van der Waals surface area (Å²) in [5.41, 5.74) is 2.07. The molecular weight excluding hydrogens is 248 g/mol. The predicted octanol–water partition coefficient (Wildman–Crippen LogP) is 2.14. The molecule has 4 nitrogen and oxygen atoms in total. The summed E-state index contributed by atoms with van der Waals surface area (Å²) in [6.07, 6.45) is 0. The molecule has 94 valence electrons. The largest absolute Gasteiger partial charge is 0.353 e. The van der Waals surface area contributed by atoms with Gasteiger partial charge < -0.3 is 10.2 Å². The number of hydrogen-bond donors (Lipinski definition) is 2. The summed E-state index contributed by atoms with van der Waals surface area (Å²) < 4.78 is 0. The van der Waals surface area contributed by atoms with Crippen molar-refractivity contribution in [3.05, 3.63) is 35.4 Å². The molecule has 3 rings (SSSR count). The lowest BCUT2D eigenvalue weighted by Gasteiger charge is -2.26. The van der Waals surface area contributed by atoms with E-state index in [1.807, 2.05) is 24.3 Å². The highest BCUT2D eigenvalue weighted by molar-refractivity contribution is 6.30. The van der Waals surface area contributed by atoms with E-state index in [2.05, 4.69) is 26.5 Å². The molecule has 18 heavy (non-hydrogen) atoms. The number of nitrogens with zero attached hydrogens (tertiary/aromatic N) is 2. The van der Waals surface area contributed by atoms with Gasteiger partial charge in [0.25, 0.3) is 0 Å². The van der Waals surface area contributed by atoms with Gasteiger partial charge >= 0.3 is 0 Å². The molecule has 0 unspecified atom stereocenters. The van der Waals surface area contributed by atoms with Crippen LogP contribution in [0.25, 0.3) is 11.3 Å². The van der Waals surface area contributed by atoms with Crippen LogP contribution >= 0.6 is 11.6 Å². The van der Waals surface area contributed by atoms with Crippen molar-refractivity contribution >= 4 is 17.4 Å². The average molecular weight is 263 g/mol. The van der Waals surface area contributed by atoms with Crippen LogP contribution in [0.3, 0.4) is 0 Å². The van der Waals surface area contributed by atoms with Gasteiger partial charge in [-0.3, -0.25) is 5.10 Å². The van der Waals surface area contributed by atoms with E-state index in [9.17, 15) is 0 Å². The zero-order valence-electron chi connectivity index (χ0n) is 9.99. The lowest BCUT2D eigenvalue weighted by atomic mass is 10.1. The fourth-order valence-corrected chi connectivity index (χ4v) is 2.36. The van der Waals surface area contributed by atoms with E-state index in [0.717, 1.165) is 48.3 Å². The molecule has 2 N–H and O–H groups in total. The van der Waals surface area contributed by atoms with Crippen LogP contribution in [0, 0.1) is 0 Å². The quantitative estimate of drug-likeness (QED) is 0.872. The van der Waals surface area contributed by atoms with E-state index in [-0.39, 0.29) is 0 Å². The van der Waals surface area contributed by atoms with E-state index in [1.165, 1.54) is 0 Å². The van der Waals surface area contributed by atoms with Gasteiger partial charge in [0.2, 0.25) is 0 Å². The highest BCUT2D eigenvalue weighted by Crippen LogP contribution is 2.24. The van der Waals surface area contributed by atoms with E-state index >= 15 is 0 Å². The third kappa shape index (κ3) is 2.35. The molecule has 2 aromatic rings. The lowest BCUT2D eigenvalue weighted by Crippen LogP contribution is -2.43. The molecule has 1 aliphatic heterocycles. The molecule has 0 atom stereocenters. The Morgan fingerprint density at radius 1 is 1.17 bits per heavy atom. The molecule has 1 saturated heterocycles. The van der Waals surface area contributed by atoms with Crippen molar-refractivity contribution in [3.8, 4) is 11.3 Å². The fraction of sp³-hybridized carbons (Fsp3) is 0.308. The van der Waals surface area contributed by atoms with Gasteiger partial charge in [-0.25, -0.2) is 0 Å². The van der Waals surface area contributed by atoms with Crippen molar-refractivity contribution < 1.29 is 0 Å². The zero-order chi connectivity index (χ0) is 12.4. The molecule has 1 aromatic heterocycles. The molecule has 0 radical (unpaired) electrons. The number of piperazine rings is 1. The standard InChI is InChI=1S/C13H15ClN4/c14-11-3-1-2-10(8-11)12-9-13(17-16-12)18-6-4-15-5-7-18/h1-3,8-9,15H,4-7H2,(H,16,17). The van der Waals surface area contributed by atoms with Gasteiger partial charge in [-0.05, 0) is 12.1 Å². The Morgan fingerprint density at radius 3 is 2.78 bits per heavy atom. The number of benzene rings is 1. The Labute approximate surface area is 111 Å². The highest BCUT2D eigenvalue weighted by atomic mass is 35.5. The summed E-state index contributed by atoms with van der Waals surface area (Å²) in [6.45, 7) is 4.03. The monoisotopic (exact) mass is 262 g/mol. The summed E-state index contributed by atoms with van der Waals surface area (Å²) >= 11 is 6.00. The average Bonchev–Trinajstić information content (AvgIpc) is 2.89. The van der Waals surface area contributed by atoms with Gasteiger partial charge in [0.05, 0.1) is 5.69 Å². The smallest absolute Gasteiger partial charge is 0.151 e. The van der Waals surface area contributed by atoms with Gasteiger partial charge in [0, 0.05) is 42.8 Å². The number of halogens is 1. The molecule has 0 aliphatic carbocycles. The van der Waals surface area contributed by atoms with Crippen LogP contribution in [-0.4, -0.2) is 36.4 Å². The van der Waals surface area contributed by atoms with Gasteiger partial charge in [-0.1, -0.05) is 23.7 Å². The van der Waals surface area contributed by atoms with Crippen molar-refractivity contribution in [2.45, 2.75) is 0 Å².